The van der Waals surface area contributed by atoms with Crippen LogP contribution < -0.4 is 0 Å². The van der Waals surface area contributed by atoms with Gasteiger partial charge in [0.1, 0.15) is 0 Å². The highest BCUT2D eigenvalue weighted by Crippen LogP contribution is 2.61. The maximum absolute atomic E-state index is 6.33. The zero-order valence-corrected chi connectivity index (χ0v) is 10.1. The summed E-state index contributed by atoms with van der Waals surface area (Å²) in [6, 6.07) is 0. The largest absolute Gasteiger partial charge is 0.463 e. The van der Waals surface area contributed by atoms with Crippen LogP contribution >= 0.6 is 0 Å². The van der Waals surface area contributed by atoms with Crippen molar-refractivity contribution in [3.05, 3.63) is 0 Å². The average molecular weight is 208 g/mol. The maximum atomic E-state index is 6.33. The molecule has 1 heterocycles. The highest BCUT2D eigenvalue weighted by molar-refractivity contribution is 6.49. The molecule has 1 saturated heterocycles. The third kappa shape index (κ3) is 1.20. The van der Waals surface area contributed by atoms with Crippen LogP contribution in [0.4, 0.5) is 0 Å². The van der Waals surface area contributed by atoms with E-state index in [1.807, 2.05) is 0 Å². The van der Waals surface area contributed by atoms with Gasteiger partial charge >= 0.3 is 7.12 Å². The van der Waals surface area contributed by atoms with Gasteiger partial charge in [0.25, 0.3) is 0 Å². The van der Waals surface area contributed by atoms with E-state index in [1.165, 1.54) is 38.5 Å². The summed E-state index contributed by atoms with van der Waals surface area (Å²) < 4.78 is 12.7. The zero-order valence-electron chi connectivity index (χ0n) is 10.1. The van der Waals surface area contributed by atoms with Gasteiger partial charge in [0.05, 0.1) is 11.2 Å². The van der Waals surface area contributed by atoms with Crippen LogP contribution in [0.15, 0.2) is 0 Å². The van der Waals surface area contributed by atoms with Gasteiger partial charge in [0, 0.05) is 0 Å². The topological polar surface area (TPSA) is 18.5 Å². The van der Waals surface area contributed by atoms with Gasteiger partial charge in [-0.3, -0.25) is 0 Å². The molecule has 0 aromatic heterocycles. The second-order valence-electron chi connectivity index (χ2n) is 6.63. The molecule has 0 N–H and O–H groups in total. The quantitative estimate of drug-likeness (QED) is 0.569. The summed E-state index contributed by atoms with van der Waals surface area (Å²) in [7, 11) is 0.0121. The fourth-order valence-corrected chi connectivity index (χ4v) is 3.72. The predicted molar refractivity (Wildman–Crippen MR) is 60.8 cm³/mol. The summed E-state index contributed by atoms with van der Waals surface area (Å²) >= 11 is 0. The summed E-state index contributed by atoms with van der Waals surface area (Å²) in [5.74, 6) is 0. The van der Waals surface area contributed by atoms with Gasteiger partial charge in [0.2, 0.25) is 0 Å². The zero-order chi connectivity index (χ0) is 10.7. The number of rotatable bonds is 0. The summed E-state index contributed by atoms with van der Waals surface area (Å²) in [6.45, 7) is 6.63. The van der Waals surface area contributed by atoms with Crippen molar-refractivity contribution in [3.8, 4) is 0 Å². The first kappa shape index (κ1) is 10.2. The minimum Gasteiger partial charge on any atom is -0.402 e. The van der Waals surface area contributed by atoms with Gasteiger partial charge in [-0.2, -0.15) is 0 Å². The highest BCUT2D eigenvalue weighted by Gasteiger charge is 2.67. The van der Waals surface area contributed by atoms with Gasteiger partial charge < -0.3 is 9.31 Å². The van der Waals surface area contributed by atoms with Crippen LogP contribution in [-0.2, 0) is 9.31 Å². The van der Waals surface area contributed by atoms with Gasteiger partial charge in [-0.1, -0.05) is 20.8 Å². The van der Waals surface area contributed by atoms with Crippen molar-refractivity contribution in [1.29, 1.82) is 0 Å². The molecule has 2 nitrogen and oxygen atoms in total. The lowest BCUT2D eigenvalue weighted by molar-refractivity contribution is 0.00578. The fourth-order valence-electron chi connectivity index (χ4n) is 3.72. The third-order valence-electron chi connectivity index (χ3n) is 4.53. The van der Waals surface area contributed by atoms with E-state index in [4.69, 9.17) is 9.31 Å². The van der Waals surface area contributed by atoms with Crippen molar-refractivity contribution >= 4 is 7.12 Å². The standard InChI is InChI=1S/C12H21BO2/c1-10(2,3)13-14-11-6-4-7-12(11,15-13)9-5-8-11/h4-9H2,1-3H3. The molecule has 0 atom stereocenters. The normalized spacial score (nSPS) is 44.6. The lowest BCUT2D eigenvalue weighted by atomic mass is 9.61. The Morgan fingerprint density at radius 1 is 0.867 bits per heavy atom. The Hall–Kier alpha value is -0.0151. The van der Waals surface area contributed by atoms with Crippen molar-refractivity contribution in [3.63, 3.8) is 0 Å². The Balaban J connectivity index is 1.91. The van der Waals surface area contributed by atoms with Crippen LogP contribution in [-0.4, -0.2) is 18.3 Å². The molecule has 0 spiro atoms. The van der Waals surface area contributed by atoms with Gasteiger partial charge in [-0.05, 0) is 43.8 Å². The van der Waals surface area contributed by atoms with E-state index in [1.54, 1.807) is 0 Å². The van der Waals surface area contributed by atoms with Crippen LogP contribution in [0.2, 0.25) is 5.31 Å². The fraction of sp³-hybridized carbons (Fsp3) is 1.00. The van der Waals surface area contributed by atoms with E-state index in [-0.39, 0.29) is 23.6 Å². The van der Waals surface area contributed by atoms with E-state index >= 15 is 0 Å². The molecular weight excluding hydrogens is 187 g/mol. The molecule has 0 aromatic carbocycles. The molecule has 0 unspecified atom stereocenters. The van der Waals surface area contributed by atoms with E-state index in [9.17, 15) is 0 Å². The minimum absolute atomic E-state index is 0.0121. The van der Waals surface area contributed by atoms with Gasteiger partial charge in [-0.15, -0.1) is 0 Å². The number of hydrogen-bond acceptors (Lipinski definition) is 2. The molecule has 2 saturated carbocycles. The maximum Gasteiger partial charge on any atom is 0.463 e. The molecule has 0 aromatic rings. The lowest BCUT2D eigenvalue weighted by Gasteiger charge is -2.31. The Morgan fingerprint density at radius 2 is 1.27 bits per heavy atom. The van der Waals surface area contributed by atoms with Gasteiger partial charge in [0.15, 0.2) is 0 Å². The second-order valence-corrected chi connectivity index (χ2v) is 6.63. The molecule has 3 fully saturated rings. The molecule has 0 amide bonds. The Morgan fingerprint density at radius 3 is 1.60 bits per heavy atom. The summed E-state index contributed by atoms with van der Waals surface area (Å²) in [4.78, 5) is 0. The Bertz CT molecular complexity index is 252. The van der Waals surface area contributed by atoms with Crippen LogP contribution in [0.3, 0.4) is 0 Å². The highest BCUT2D eigenvalue weighted by atomic mass is 16.7. The van der Waals surface area contributed by atoms with E-state index < -0.39 is 0 Å². The van der Waals surface area contributed by atoms with Crippen molar-refractivity contribution < 1.29 is 9.31 Å². The molecule has 3 heteroatoms. The van der Waals surface area contributed by atoms with Gasteiger partial charge in [-0.25, -0.2) is 0 Å². The van der Waals surface area contributed by atoms with Crippen LogP contribution in [0.1, 0.15) is 59.3 Å². The molecular formula is C12H21BO2. The molecule has 0 radical (unpaired) electrons. The average Bonchev–Trinajstić information content (AvgIpc) is 2.56. The molecule has 3 rings (SSSR count). The third-order valence-corrected chi connectivity index (χ3v) is 4.53. The van der Waals surface area contributed by atoms with Crippen molar-refractivity contribution in [1.82, 2.24) is 0 Å². The molecule has 15 heavy (non-hydrogen) atoms. The molecule has 3 aliphatic rings. The van der Waals surface area contributed by atoms with Crippen LogP contribution in [0.5, 0.6) is 0 Å². The van der Waals surface area contributed by atoms with Crippen LogP contribution in [0, 0.1) is 0 Å². The van der Waals surface area contributed by atoms with E-state index in [0.717, 1.165) is 0 Å². The Labute approximate surface area is 92.9 Å². The molecule has 84 valence electrons. The SMILES string of the molecule is CC(C)(C)B1OC23CCCC2(CCC3)O1. The predicted octanol–water partition coefficient (Wildman–Crippen LogP) is 3.17. The lowest BCUT2D eigenvalue weighted by Crippen LogP contribution is -2.41. The van der Waals surface area contributed by atoms with Crippen molar-refractivity contribution in [2.75, 3.05) is 0 Å². The molecule has 0 bridgehead atoms. The minimum atomic E-state index is 0.0121. The first-order chi connectivity index (χ1) is 6.98. The first-order valence-electron chi connectivity index (χ1n) is 6.33. The van der Waals surface area contributed by atoms with Crippen molar-refractivity contribution in [2.24, 2.45) is 0 Å². The van der Waals surface area contributed by atoms with Crippen molar-refractivity contribution in [2.45, 2.75) is 75.8 Å². The molecule has 1 aliphatic heterocycles. The monoisotopic (exact) mass is 208 g/mol. The summed E-state index contributed by atoms with van der Waals surface area (Å²) in [5.41, 5.74) is 0.204. The second kappa shape index (κ2) is 2.81. The first-order valence-corrected chi connectivity index (χ1v) is 6.33. The smallest absolute Gasteiger partial charge is 0.402 e. The summed E-state index contributed by atoms with van der Waals surface area (Å²) in [5, 5.41) is 0.113. The van der Waals surface area contributed by atoms with E-state index in [0.29, 0.717) is 0 Å². The van der Waals surface area contributed by atoms with Crippen LogP contribution in [0.25, 0.3) is 0 Å². The molecule has 2 aliphatic carbocycles. The number of hydrogen-bond donors (Lipinski definition) is 0. The Kier molecular flexibility index (Phi) is 1.90. The summed E-state index contributed by atoms with van der Waals surface area (Å²) in [6.07, 6.45) is 7.46. The van der Waals surface area contributed by atoms with E-state index in [2.05, 4.69) is 20.8 Å².